The zero-order valence-corrected chi connectivity index (χ0v) is 20.2. The van der Waals surface area contributed by atoms with Crippen molar-refractivity contribution >= 4 is 35.6 Å². The number of fused-ring (bicyclic) bond motifs is 1. The second-order valence-corrected chi connectivity index (χ2v) is 9.77. The van der Waals surface area contributed by atoms with Crippen LogP contribution in [0.2, 0.25) is 10.0 Å². The average molecular weight is 469 g/mol. The first-order valence-corrected chi connectivity index (χ1v) is 11.6. The molecule has 1 heterocycles. The molecule has 2 aromatic rings. The Morgan fingerprint density at radius 3 is 2.23 bits per heavy atom. The Kier molecular flexibility index (Phi) is 8.15. The molecule has 0 spiro atoms. The molecule has 0 radical (unpaired) electrons. The van der Waals surface area contributed by atoms with Crippen LogP contribution in [0.5, 0.6) is 0 Å². The summed E-state index contributed by atoms with van der Waals surface area (Å²) in [5.74, 6) is 0.985. The van der Waals surface area contributed by atoms with Crippen molar-refractivity contribution in [3.8, 4) is 0 Å². The Morgan fingerprint density at radius 1 is 0.933 bits per heavy atom. The minimum absolute atomic E-state index is 0. The topological polar surface area (TPSA) is 23.5 Å². The van der Waals surface area contributed by atoms with Crippen molar-refractivity contribution in [1.29, 1.82) is 0 Å². The molecule has 2 atom stereocenters. The summed E-state index contributed by atoms with van der Waals surface area (Å²) in [4.78, 5) is 2.58. The number of likely N-dealkylation sites (tertiary alicyclic amines) is 1. The highest BCUT2D eigenvalue weighted by atomic mass is 35.5. The molecule has 1 fully saturated rings. The van der Waals surface area contributed by atoms with Crippen molar-refractivity contribution in [3.63, 3.8) is 0 Å². The molecule has 2 aromatic carbocycles. The third-order valence-corrected chi connectivity index (χ3v) is 7.67. The van der Waals surface area contributed by atoms with Crippen molar-refractivity contribution in [2.45, 2.75) is 58.0 Å². The molecular formula is C25H32Cl3NO. The van der Waals surface area contributed by atoms with Crippen molar-refractivity contribution in [2.24, 2.45) is 5.92 Å². The summed E-state index contributed by atoms with van der Waals surface area (Å²) in [6.07, 6.45) is 4.96. The van der Waals surface area contributed by atoms with Gasteiger partial charge in [-0.05, 0) is 111 Å². The van der Waals surface area contributed by atoms with E-state index in [0.29, 0.717) is 11.8 Å². The van der Waals surface area contributed by atoms with Gasteiger partial charge in [-0.25, -0.2) is 0 Å². The van der Waals surface area contributed by atoms with Gasteiger partial charge in [0.1, 0.15) is 0 Å². The molecule has 2 unspecified atom stereocenters. The number of rotatable bonds is 3. The number of aliphatic hydroxyl groups is 1. The minimum atomic E-state index is -0.336. The predicted octanol–water partition coefficient (Wildman–Crippen LogP) is 6.90. The molecule has 1 N–H and O–H groups in total. The van der Waals surface area contributed by atoms with E-state index in [2.05, 4.69) is 30.9 Å². The van der Waals surface area contributed by atoms with E-state index < -0.39 is 0 Å². The van der Waals surface area contributed by atoms with Crippen LogP contribution >= 0.6 is 35.6 Å². The van der Waals surface area contributed by atoms with Gasteiger partial charge in [0.05, 0.1) is 6.10 Å². The summed E-state index contributed by atoms with van der Waals surface area (Å²) in [5.41, 5.74) is 6.26. The van der Waals surface area contributed by atoms with E-state index in [1.807, 2.05) is 18.2 Å². The molecule has 0 amide bonds. The van der Waals surface area contributed by atoms with Crippen LogP contribution in [-0.4, -0.2) is 29.6 Å². The second kappa shape index (κ2) is 10.2. The first-order valence-electron chi connectivity index (χ1n) is 10.9. The normalized spacial score (nSPS) is 22.8. The van der Waals surface area contributed by atoms with Gasteiger partial charge >= 0.3 is 0 Å². The molecule has 30 heavy (non-hydrogen) atoms. The number of nitrogens with zero attached hydrogens (tertiary/aromatic N) is 1. The fourth-order valence-corrected chi connectivity index (χ4v) is 6.13. The van der Waals surface area contributed by atoms with Gasteiger partial charge in [0.2, 0.25) is 0 Å². The molecule has 1 saturated heterocycles. The van der Waals surface area contributed by atoms with Crippen LogP contribution < -0.4 is 0 Å². The Bertz CT molecular complexity index is 857. The summed E-state index contributed by atoms with van der Waals surface area (Å²) in [5, 5.41) is 12.5. The highest BCUT2D eigenvalue weighted by Crippen LogP contribution is 2.39. The monoisotopic (exact) mass is 467 g/mol. The molecule has 1 aliphatic carbocycles. The van der Waals surface area contributed by atoms with Crippen LogP contribution in [0.15, 0.2) is 30.3 Å². The molecule has 1 aliphatic heterocycles. The smallest absolute Gasteiger partial charge is 0.0798 e. The number of hydrogen-bond acceptors (Lipinski definition) is 2. The first-order chi connectivity index (χ1) is 13.9. The lowest BCUT2D eigenvalue weighted by atomic mass is 9.88. The van der Waals surface area contributed by atoms with Gasteiger partial charge in [0, 0.05) is 16.6 Å². The average Bonchev–Trinajstić information content (AvgIpc) is 2.85. The zero-order chi connectivity index (χ0) is 20.5. The van der Waals surface area contributed by atoms with E-state index in [9.17, 15) is 5.11 Å². The van der Waals surface area contributed by atoms with E-state index in [1.54, 1.807) is 0 Å². The fourth-order valence-electron chi connectivity index (χ4n) is 5.42. The maximum atomic E-state index is 11.0. The van der Waals surface area contributed by atoms with Crippen molar-refractivity contribution in [2.75, 3.05) is 19.6 Å². The van der Waals surface area contributed by atoms with Crippen LogP contribution in [0.25, 0.3) is 0 Å². The SMILES string of the molecule is Cc1ccc(C)c2c1CCC(CN1CCC(c3c(Cl)cccc3Cl)CC1)CC2O.Cl. The summed E-state index contributed by atoms with van der Waals surface area (Å²) in [7, 11) is 0. The number of piperidine rings is 1. The highest BCUT2D eigenvalue weighted by Gasteiger charge is 2.29. The molecular weight excluding hydrogens is 437 g/mol. The molecule has 164 valence electrons. The highest BCUT2D eigenvalue weighted by molar-refractivity contribution is 6.36. The van der Waals surface area contributed by atoms with E-state index in [1.165, 1.54) is 22.3 Å². The summed E-state index contributed by atoms with van der Waals surface area (Å²) < 4.78 is 0. The van der Waals surface area contributed by atoms with Crippen LogP contribution in [0.4, 0.5) is 0 Å². The molecule has 2 nitrogen and oxygen atoms in total. The molecule has 0 saturated carbocycles. The van der Waals surface area contributed by atoms with Gasteiger partial charge in [0.25, 0.3) is 0 Å². The predicted molar refractivity (Wildman–Crippen MR) is 129 cm³/mol. The Balaban J connectivity index is 0.00000256. The first kappa shape index (κ1) is 23.9. The standard InChI is InChI=1S/C25H31Cl2NO.ClH/c1-16-6-7-17(2)24-20(16)9-8-18(14-23(24)29)15-28-12-10-19(11-13-28)25-21(26)4-3-5-22(25)27;/h3-7,18-19,23,29H,8-15H2,1-2H3;1H. The van der Waals surface area contributed by atoms with E-state index in [0.717, 1.165) is 67.3 Å². The number of halogens is 3. The Hall–Kier alpha value is -0.770. The van der Waals surface area contributed by atoms with Gasteiger partial charge in [-0.15, -0.1) is 12.4 Å². The lowest BCUT2D eigenvalue weighted by Crippen LogP contribution is -2.37. The van der Waals surface area contributed by atoms with Gasteiger partial charge in [0.15, 0.2) is 0 Å². The number of aryl methyl sites for hydroxylation is 2. The van der Waals surface area contributed by atoms with Crippen LogP contribution in [0.1, 0.15) is 65.5 Å². The maximum Gasteiger partial charge on any atom is 0.0798 e. The lowest BCUT2D eigenvalue weighted by Gasteiger charge is -2.35. The van der Waals surface area contributed by atoms with Crippen LogP contribution in [-0.2, 0) is 6.42 Å². The third-order valence-electron chi connectivity index (χ3n) is 7.01. The summed E-state index contributed by atoms with van der Waals surface area (Å²) in [6.45, 7) is 7.53. The van der Waals surface area contributed by atoms with Gasteiger partial charge in [-0.2, -0.15) is 0 Å². The summed E-state index contributed by atoms with van der Waals surface area (Å²) >= 11 is 12.9. The quantitative estimate of drug-likeness (QED) is 0.495. The number of benzene rings is 2. The van der Waals surface area contributed by atoms with Crippen molar-refractivity contribution in [1.82, 2.24) is 4.90 Å². The van der Waals surface area contributed by atoms with E-state index in [-0.39, 0.29) is 18.5 Å². The fraction of sp³-hybridized carbons (Fsp3) is 0.520. The molecule has 5 heteroatoms. The van der Waals surface area contributed by atoms with Crippen molar-refractivity contribution in [3.05, 3.63) is 68.2 Å². The molecule has 0 bridgehead atoms. The third kappa shape index (κ3) is 5.00. The number of aliphatic hydroxyl groups excluding tert-OH is 1. The van der Waals surface area contributed by atoms with Gasteiger partial charge in [-0.1, -0.05) is 41.4 Å². The van der Waals surface area contributed by atoms with Gasteiger partial charge in [-0.3, -0.25) is 0 Å². The summed E-state index contributed by atoms with van der Waals surface area (Å²) in [6, 6.07) is 10.2. The second-order valence-electron chi connectivity index (χ2n) is 8.96. The minimum Gasteiger partial charge on any atom is -0.388 e. The van der Waals surface area contributed by atoms with E-state index >= 15 is 0 Å². The molecule has 2 aliphatic rings. The molecule has 4 rings (SSSR count). The van der Waals surface area contributed by atoms with Crippen LogP contribution in [0.3, 0.4) is 0 Å². The zero-order valence-electron chi connectivity index (χ0n) is 17.8. The van der Waals surface area contributed by atoms with Crippen LogP contribution in [0, 0.1) is 19.8 Å². The van der Waals surface area contributed by atoms with E-state index in [4.69, 9.17) is 23.2 Å². The lowest BCUT2D eigenvalue weighted by molar-refractivity contribution is 0.116. The maximum absolute atomic E-state index is 11.0. The van der Waals surface area contributed by atoms with Gasteiger partial charge < -0.3 is 10.0 Å². The Morgan fingerprint density at radius 2 is 1.57 bits per heavy atom. The number of hydrogen-bond donors (Lipinski definition) is 1. The molecule has 0 aromatic heterocycles. The van der Waals surface area contributed by atoms with Crippen molar-refractivity contribution < 1.29 is 5.11 Å². The largest absolute Gasteiger partial charge is 0.388 e. The Labute approximate surface area is 197 Å².